The number of nitrogens with zero attached hydrogens (tertiary/aromatic N) is 1. The summed E-state index contributed by atoms with van der Waals surface area (Å²) in [6, 6.07) is 6.47. The second-order valence-electron chi connectivity index (χ2n) is 5.12. The molecule has 4 nitrogen and oxygen atoms in total. The van der Waals surface area contributed by atoms with Gasteiger partial charge >= 0.3 is 0 Å². The molecule has 1 aromatic carbocycles. The number of amides is 1. The largest absolute Gasteiger partial charge is 0.483 e. The fourth-order valence-electron chi connectivity index (χ4n) is 2.15. The molecule has 1 saturated carbocycles. The lowest BCUT2D eigenvalue weighted by Gasteiger charge is -2.18. The van der Waals surface area contributed by atoms with E-state index in [0.717, 1.165) is 36.3 Å². The summed E-state index contributed by atoms with van der Waals surface area (Å²) in [5, 5.41) is 3.11. The molecule has 0 atom stereocenters. The highest BCUT2D eigenvalue weighted by molar-refractivity contribution is 5.78. The van der Waals surface area contributed by atoms with Crippen LogP contribution in [0, 0.1) is 6.92 Å². The summed E-state index contributed by atoms with van der Waals surface area (Å²) in [4.78, 5) is 13.8. The van der Waals surface area contributed by atoms with E-state index in [1.165, 1.54) is 0 Å². The number of likely N-dealkylation sites (N-methyl/N-ethyl adjacent to an activating group) is 1. The molecule has 1 aliphatic rings. The molecule has 0 bridgehead atoms. The van der Waals surface area contributed by atoms with E-state index in [1.54, 1.807) is 4.90 Å². The van der Waals surface area contributed by atoms with Gasteiger partial charge in [0.15, 0.2) is 6.61 Å². The number of benzene rings is 1. The maximum absolute atomic E-state index is 12.0. The normalized spacial score (nSPS) is 14.3. The van der Waals surface area contributed by atoms with Crippen LogP contribution in [0.5, 0.6) is 5.75 Å². The predicted octanol–water partition coefficient (Wildman–Crippen LogP) is 1.71. The van der Waals surface area contributed by atoms with Gasteiger partial charge in [0.25, 0.3) is 5.91 Å². The quantitative estimate of drug-likeness (QED) is 0.848. The lowest BCUT2D eigenvalue weighted by atomic mass is 10.1. The van der Waals surface area contributed by atoms with Gasteiger partial charge in [0.05, 0.1) is 0 Å². The van der Waals surface area contributed by atoms with E-state index in [-0.39, 0.29) is 12.5 Å². The number of hydrogen-bond donors (Lipinski definition) is 1. The van der Waals surface area contributed by atoms with Crippen molar-refractivity contribution in [2.45, 2.75) is 32.4 Å². The van der Waals surface area contributed by atoms with E-state index >= 15 is 0 Å². The summed E-state index contributed by atoms with van der Waals surface area (Å²) in [6.07, 6.45) is 2.25. The van der Waals surface area contributed by atoms with Gasteiger partial charge in [0.2, 0.25) is 0 Å². The van der Waals surface area contributed by atoms with Crippen LogP contribution in [-0.2, 0) is 11.3 Å². The Morgan fingerprint density at radius 3 is 2.84 bits per heavy atom. The van der Waals surface area contributed by atoms with E-state index in [1.807, 2.05) is 39.2 Å². The first-order valence-corrected chi connectivity index (χ1v) is 6.75. The molecule has 0 heterocycles. The Morgan fingerprint density at radius 1 is 1.47 bits per heavy atom. The second-order valence-corrected chi connectivity index (χ2v) is 5.12. The average Bonchev–Trinajstić information content (AvgIpc) is 3.21. The van der Waals surface area contributed by atoms with Gasteiger partial charge in [-0.2, -0.15) is 0 Å². The number of ether oxygens (including phenoxy) is 1. The van der Waals surface area contributed by atoms with Crippen molar-refractivity contribution in [3.05, 3.63) is 29.3 Å². The molecule has 19 heavy (non-hydrogen) atoms. The van der Waals surface area contributed by atoms with Crippen LogP contribution in [0.25, 0.3) is 0 Å². The molecular weight excluding hydrogens is 240 g/mol. The van der Waals surface area contributed by atoms with Crippen molar-refractivity contribution in [3.8, 4) is 5.75 Å². The Morgan fingerprint density at radius 2 is 2.21 bits per heavy atom. The third-order valence-electron chi connectivity index (χ3n) is 3.49. The van der Waals surface area contributed by atoms with Gasteiger partial charge in [0, 0.05) is 25.2 Å². The molecule has 1 amide bonds. The number of rotatable bonds is 6. The molecule has 1 N–H and O–H groups in total. The van der Waals surface area contributed by atoms with Crippen molar-refractivity contribution in [3.63, 3.8) is 0 Å². The average molecular weight is 262 g/mol. The van der Waals surface area contributed by atoms with Gasteiger partial charge < -0.3 is 15.0 Å². The van der Waals surface area contributed by atoms with E-state index in [2.05, 4.69) is 5.32 Å². The van der Waals surface area contributed by atoms with Crippen molar-refractivity contribution in [2.24, 2.45) is 0 Å². The summed E-state index contributed by atoms with van der Waals surface area (Å²) < 4.78 is 5.75. The molecule has 0 aliphatic heterocycles. The first kappa shape index (κ1) is 13.9. The number of carbonyl (C=O) groups excluding carboxylic acids is 1. The van der Waals surface area contributed by atoms with Crippen LogP contribution in [0.3, 0.4) is 0 Å². The molecule has 2 rings (SSSR count). The molecule has 104 valence electrons. The SMILES string of the molecule is CNCc1cccc(C)c1OCC(=O)N(C)C1CC1. The van der Waals surface area contributed by atoms with E-state index in [9.17, 15) is 4.79 Å². The summed E-state index contributed by atoms with van der Waals surface area (Å²) in [6.45, 7) is 2.86. The summed E-state index contributed by atoms with van der Waals surface area (Å²) in [5.41, 5.74) is 2.15. The number of para-hydroxylation sites is 1. The fourth-order valence-corrected chi connectivity index (χ4v) is 2.15. The summed E-state index contributed by atoms with van der Waals surface area (Å²) in [5.74, 6) is 0.885. The van der Waals surface area contributed by atoms with Crippen molar-refractivity contribution in [2.75, 3.05) is 20.7 Å². The molecule has 1 aromatic rings. The van der Waals surface area contributed by atoms with Crippen LogP contribution in [0.15, 0.2) is 18.2 Å². The smallest absolute Gasteiger partial charge is 0.260 e. The molecule has 1 aliphatic carbocycles. The van der Waals surface area contributed by atoms with Gasteiger partial charge in [-0.15, -0.1) is 0 Å². The minimum absolute atomic E-state index is 0.0566. The van der Waals surface area contributed by atoms with Crippen LogP contribution in [0.4, 0.5) is 0 Å². The van der Waals surface area contributed by atoms with Crippen LogP contribution in [0.1, 0.15) is 24.0 Å². The number of aryl methyl sites for hydroxylation is 1. The lowest BCUT2D eigenvalue weighted by Crippen LogP contribution is -2.33. The third-order valence-corrected chi connectivity index (χ3v) is 3.49. The van der Waals surface area contributed by atoms with Crippen LogP contribution in [-0.4, -0.2) is 37.6 Å². The maximum Gasteiger partial charge on any atom is 0.260 e. The van der Waals surface area contributed by atoms with Crippen molar-refractivity contribution < 1.29 is 9.53 Å². The van der Waals surface area contributed by atoms with Crippen LogP contribution < -0.4 is 10.1 Å². The molecule has 4 heteroatoms. The van der Waals surface area contributed by atoms with Gasteiger partial charge in [-0.05, 0) is 32.4 Å². The number of hydrogen-bond acceptors (Lipinski definition) is 3. The van der Waals surface area contributed by atoms with Crippen molar-refractivity contribution >= 4 is 5.91 Å². The predicted molar refractivity (Wildman–Crippen MR) is 75.2 cm³/mol. The van der Waals surface area contributed by atoms with Crippen molar-refractivity contribution in [1.29, 1.82) is 0 Å². The van der Waals surface area contributed by atoms with Gasteiger partial charge in [-0.25, -0.2) is 0 Å². The Hall–Kier alpha value is -1.55. The van der Waals surface area contributed by atoms with Crippen LogP contribution in [0.2, 0.25) is 0 Å². The fraction of sp³-hybridized carbons (Fsp3) is 0.533. The molecular formula is C15H22N2O2. The minimum atomic E-state index is 0.0566. The Labute approximate surface area is 114 Å². The van der Waals surface area contributed by atoms with E-state index in [4.69, 9.17) is 4.74 Å². The molecule has 0 radical (unpaired) electrons. The van der Waals surface area contributed by atoms with Gasteiger partial charge in [0.1, 0.15) is 5.75 Å². The number of carbonyl (C=O) groups is 1. The standard InChI is InChI=1S/C15H22N2O2/c1-11-5-4-6-12(9-16-2)15(11)19-10-14(18)17(3)13-7-8-13/h4-6,13,16H,7-10H2,1-3H3. The Balaban J connectivity index is 1.99. The lowest BCUT2D eigenvalue weighted by molar-refractivity contribution is -0.132. The van der Waals surface area contributed by atoms with Gasteiger partial charge in [-0.1, -0.05) is 18.2 Å². The zero-order chi connectivity index (χ0) is 13.8. The highest BCUT2D eigenvalue weighted by Crippen LogP contribution is 2.26. The Bertz CT molecular complexity index is 455. The number of nitrogens with one attached hydrogen (secondary N) is 1. The highest BCUT2D eigenvalue weighted by atomic mass is 16.5. The first-order valence-electron chi connectivity index (χ1n) is 6.75. The second kappa shape index (κ2) is 6.06. The topological polar surface area (TPSA) is 41.6 Å². The van der Waals surface area contributed by atoms with Crippen LogP contribution >= 0.6 is 0 Å². The molecule has 0 spiro atoms. The third kappa shape index (κ3) is 3.47. The first-order chi connectivity index (χ1) is 9.13. The Kier molecular flexibility index (Phi) is 4.43. The molecule has 0 unspecified atom stereocenters. The van der Waals surface area contributed by atoms with E-state index in [0.29, 0.717) is 6.04 Å². The zero-order valence-corrected chi connectivity index (χ0v) is 11.9. The molecule has 0 saturated heterocycles. The minimum Gasteiger partial charge on any atom is -0.483 e. The molecule has 1 fully saturated rings. The zero-order valence-electron chi connectivity index (χ0n) is 11.9. The molecule has 0 aromatic heterocycles. The van der Waals surface area contributed by atoms with Gasteiger partial charge in [-0.3, -0.25) is 4.79 Å². The monoisotopic (exact) mass is 262 g/mol. The summed E-state index contributed by atoms with van der Waals surface area (Å²) in [7, 11) is 3.76. The highest BCUT2D eigenvalue weighted by Gasteiger charge is 2.29. The summed E-state index contributed by atoms with van der Waals surface area (Å²) >= 11 is 0. The van der Waals surface area contributed by atoms with E-state index < -0.39 is 0 Å². The van der Waals surface area contributed by atoms with Crippen molar-refractivity contribution in [1.82, 2.24) is 10.2 Å². The maximum atomic E-state index is 12.0.